The average molecular weight is 370 g/mol. The topological polar surface area (TPSA) is 69.6 Å². The third kappa shape index (κ3) is 4.38. The Hall–Kier alpha value is -1.21. The van der Waals surface area contributed by atoms with Crippen LogP contribution in [0.1, 0.15) is 11.8 Å². The Morgan fingerprint density at radius 2 is 1.95 bits per heavy atom. The fraction of sp³-hybridized carbons (Fsp3) is 0.267. The highest BCUT2D eigenvalue weighted by atomic mass is 79.9. The summed E-state index contributed by atoms with van der Waals surface area (Å²) < 4.78 is 1.04. The maximum atomic E-state index is 10.8. The molecule has 0 aliphatic carbocycles. The van der Waals surface area contributed by atoms with Gasteiger partial charge in [0.05, 0.1) is 0 Å². The van der Waals surface area contributed by atoms with Gasteiger partial charge >= 0.3 is 5.97 Å². The minimum Gasteiger partial charge on any atom is -0.479 e. The van der Waals surface area contributed by atoms with Crippen LogP contribution in [0.5, 0.6) is 0 Å². The Balaban J connectivity index is 1.95. The van der Waals surface area contributed by atoms with E-state index in [2.05, 4.69) is 21.2 Å². The van der Waals surface area contributed by atoms with E-state index in [1.54, 1.807) is 11.3 Å². The van der Waals surface area contributed by atoms with Gasteiger partial charge in [-0.05, 0) is 36.8 Å². The molecule has 0 aliphatic rings. The Bertz CT molecular complexity index is 622. The van der Waals surface area contributed by atoms with Gasteiger partial charge in [0.2, 0.25) is 0 Å². The smallest absolute Gasteiger partial charge is 0.336 e. The predicted octanol–water partition coefficient (Wildman–Crippen LogP) is 3.10. The molecule has 0 amide bonds. The number of hydrogen-bond acceptors (Lipinski definition) is 4. The van der Waals surface area contributed by atoms with Crippen molar-refractivity contribution >= 4 is 33.2 Å². The molecule has 21 heavy (non-hydrogen) atoms. The van der Waals surface area contributed by atoms with Crippen LogP contribution >= 0.6 is 27.3 Å². The van der Waals surface area contributed by atoms with E-state index in [1.807, 2.05) is 36.4 Å². The molecule has 112 valence electrons. The van der Waals surface area contributed by atoms with Crippen molar-refractivity contribution in [1.82, 2.24) is 5.32 Å². The van der Waals surface area contributed by atoms with Gasteiger partial charge in [0.15, 0.2) is 5.60 Å². The summed E-state index contributed by atoms with van der Waals surface area (Å²) in [6.07, 6.45) is 0. The lowest BCUT2D eigenvalue weighted by atomic mass is 10.1. The van der Waals surface area contributed by atoms with Gasteiger partial charge in [0.25, 0.3) is 0 Å². The molecule has 1 atom stereocenters. The lowest BCUT2D eigenvalue weighted by Crippen LogP contribution is -2.44. The van der Waals surface area contributed by atoms with E-state index in [0.717, 1.165) is 19.8 Å². The molecule has 0 bridgehead atoms. The molecule has 4 nitrogen and oxygen atoms in total. The molecule has 0 radical (unpaired) electrons. The second kappa shape index (κ2) is 6.70. The summed E-state index contributed by atoms with van der Waals surface area (Å²) in [7, 11) is 0. The van der Waals surface area contributed by atoms with E-state index in [4.69, 9.17) is 5.11 Å². The van der Waals surface area contributed by atoms with E-state index < -0.39 is 11.6 Å². The Morgan fingerprint density at radius 1 is 1.29 bits per heavy atom. The number of benzene rings is 1. The number of hydrogen-bond donors (Lipinski definition) is 3. The third-order valence-corrected chi connectivity index (χ3v) is 4.68. The monoisotopic (exact) mass is 369 g/mol. The third-order valence-electron chi connectivity index (χ3n) is 3.02. The van der Waals surface area contributed by atoms with Crippen molar-refractivity contribution in [1.29, 1.82) is 0 Å². The first-order valence-electron chi connectivity index (χ1n) is 6.39. The van der Waals surface area contributed by atoms with Gasteiger partial charge < -0.3 is 15.5 Å². The number of halogens is 1. The second-order valence-electron chi connectivity index (χ2n) is 4.96. The van der Waals surface area contributed by atoms with Crippen molar-refractivity contribution in [3.8, 4) is 10.4 Å². The minimum absolute atomic E-state index is 0.00779. The number of aliphatic hydroxyl groups is 1. The normalized spacial score (nSPS) is 13.9. The van der Waals surface area contributed by atoms with Crippen LogP contribution in [0.4, 0.5) is 0 Å². The molecule has 3 N–H and O–H groups in total. The Kier molecular flexibility index (Phi) is 5.16. The van der Waals surface area contributed by atoms with E-state index in [0.29, 0.717) is 6.54 Å². The Labute approximate surface area is 135 Å². The predicted molar refractivity (Wildman–Crippen MR) is 87.4 cm³/mol. The van der Waals surface area contributed by atoms with Crippen LogP contribution in [0.15, 0.2) is 40.9 Å². The average Bonchev–Trinajstić information content (AvgIpc) is 2.88. The van der Waals surface area contributed by atoms with Gasteiger partial charge in [0.1, 0.15) is 0 Å². The number of aliphatic carboxylic acids is 1. The minimum atomic E-state index is -1.74. The van der Waals surface area contributed by atoms with Crippen LogP contribution in [0.3, 0.4) is 0 Å². The maximum absolute atomic E-state index is 10.8. The zero-order valence-corrected chi connectivity index (χ0v) is 13.9. The van der Waals surface area contributed by atoms with Crippen LogP contribution in [-0.4, -0.2) is 28.3 Å². The van der Waals surface area contributed by atoms with E-state index in [-0.39, 0.29) is 6.54 Å². The number of nitrogens with one attached hydrogen (secondary N) is 1. The van der Waals surface area contributed by atoms with Gasteiger partial charge in [-0.15, -0.1) is 11.3 Å². The Morgan fingerprint density at radius 3 is 2.57 bits per heavy atom. The first-order chi connectivity index (χ1) is 9.88. The van der Waals surface area contributed by atoms with E-state index in [9.17, 15) is 9.90 Å². The van der Waals surface area contributed by atoms with E-state index >= 15 is 0 Å². The molecule has 0 saturated heterocycles. The van der Waals surface area contributed by atoms with Crippen molar-refractivity contribution in [3.05, 3.63) is 45.7 Å². The van der Waals surface area contributed by atoms with Crippen molar-refractivity contribution in [2.45, 2.75) is 19.1 Å². The van der Waals surface area contributed by atoms with Gasteiger partial charge in [0, 0.05) is 27.3 Å². The molecule has 0 aliphatic heterocycles. The van der Waals surface area contributed by atoms with Crippen LogP contribution < -0.4 is 5.32 Å². The van der Waals surface area contributed by atoms with Gasteiger partial charge in [-0.1, -0.05) is 28.1 Å². The van der Waals surface area contributed by atoms with E-state index in [1.165, 1.54) is 6.92 Å². The fourth-order valence-electron chi connectivity index (χ4n) is 1.75. The summed E-state index contributed by atoms with van der Waals surface area (Å²) >= 11 is 5.05. The number of thiophene rings is 1. The SMILES string of the molecule is CC(O)(CNCc1ccc(-c2ccc(Br)cc2)s1)C(=O)O. The first kappa shape index (κ1) is 16.2. The van der Waals surface area contributed by atoms with Crippen LogP contribution in [0, 0.1) is 0 Å². The number of carboxylic acid groups (broad SMARTS) is 1. The number of rotatable bonds is 6. The highest BCUT2D eigenvalue weighted by Crippen LogP contribution is 2.29. The summed E-state index contributed by atoms with van der Waals surface area (Å²) in [6.45, 7) is 1.82. The van der Waals surface area contributed by atoms with Gasteiger partial charge in [-0.2, -0.15) is 0 Å². The molecule has 0 saturated carbocycles. The molecule has 1 aromatic carbocycles. The molecule has 0 fully saturated rings. The summed E-state index contributed by atoms with van der Waals surface area (Å²) in [5.41, 5.74) is -0.599. The summed E-state index contributed by atoms with van der Waals surface area (Å²) in [5.74, 6) is -1.23. The lowest BCUT2D eigenvalue weighted by Gasteiger charge is -2.17. The van der Waals surface area contributed by atoms with Crippen LogP contribution in [0.25, 0.3) is 10.4 Å². The second-order valence-corrected chi connectivity index (χ2v) is 7.04. The van der Waals surface area contributed by atoms with Gasteiger partial charge in [-0.25, -0.2) is 4.79 Å². The molecular weight excluding hydrogens is 354 g/mol. The van der Waals surface area contributed by atoms with Crippen molar-refractivity contribution in [2.24, 2.45) is 0 Å². The highest BCUT2D eigenvalue weighted by molar-refractivity contribution is 9.10. The fourth-order valence-corrected chi connectivity index (χ4v) is 2.99. The lowest BCUT2D eigenvalue weighted by molar-refractivity contribution is -0.156. The molecule has 2 aromatic rings. The molecule has 1 heterocycles. The molecule has 2 rings (SSSR count). The maximum Gasteiger partial charge on any atom is 0.336 e. The standard InChI is InChI=1S/C15H16BrNO3S/c1-15(20,14(18)19)9-17-8-12-6-7-13(21-12)10-2-4-11(16)5-3-10/h2-7,17,20H,8-9H2,1H3,(H,18,19). The summed E-state index contributed by atoms with van der Waals surface area (Å²) in [4.78, 5) is 13.0. The largest absolute Gasteiger partial charge is 0.479 e. The summed E-state index contributed by atoms with van der Waals surface area (Å²) in [6, 6.07) is 12.1. The highest BCUT2D eigenvalue weighted by Gasteiger charge is 2.29. The summed E-state index contributed by atoms with van der Waals surface area (Å²) in [5, 5.41) is 21.4. The van der Waals surface area contributed by atoms with Crippen molar-refractivity contribution < 1.29 is 15.0 Å². The number of carbonyl (C=O) groups is 1. The molecule has 1 aromatic heterocycles. The molecule has 0 spiro atoms. The number of carboxylic acids is 1. The van der Waals surface area contributed by atoms with Crippen LogP contribution in [-0.2, 0) is 11.3 Å². The quantitative estimate of drug-likeness (QED) is 0.731. The molecule has 6 heteroatoms. The first-order valence-corrected chi connectivity index (χ1v) is 8.00. The molecular formula is C15H16BrNO3S. The van der Waals surface area contributed by atoms with Crippen molar-refractivity contribution in [3.63, 3.8) is 0 Å². The van der Waals surface area contributed by atoms with Crippen molar-refractivity contribution in [2.75, 3.05) is 6.54 Å². The zero-order chi connectivity index (χ0) is 15.5. The molecule has 1 unspecified atom stereocenters. The van der Waals surface area contributed by atoms with Crippen LogP contribution in [0.2, 0.25) is 0 Å². The van der Waals surface area contributed by atoms with Gasteiger partial charge in [-0.3, -0.25) is 0 Å². The zero-order valence-electron chi connectivity index (χ0n) is 11.5.